The van der Waals surface area contributed by atoms with Gasteiger partial charge < -0.3 is 0 Å². The lowest BCUT2D eigenvalue weighted by atomic mass is 10.2. The van der Waals surface area contributed by atoms with Crippen LogP contribution in [-0.4, -0.2) is 12.0 Å². The molecule has 0 amide bonds. The second kappa shape index (κ2) is 14.2. The Labute approximate surface area is 243 Å². The molecule has 0 spiro atoms. The van der Waals surface area contributed by atoms with Crippen molar-refractivity contribution in [2.45, 2.75) is 31.8 Å². The van der Waals surface area contributed by atoms with E-state index >= 15 is 0 Å². The average Bonchev–Trinajstić information content (AvgIpc) is 3.47. The number of thioether (sulfide) groups is 8. The van der Waals surface area contributed by atoms with Crippen LogP contribution in [0.4, 0.5) is 0 Å². The van der Waals surface area contributed by atoms with Crippen molar-refractivity contribution in [2.75, 3.05) is 12.0 Å². The molecule has 0 atom stereocenters. The van der Waals surface area contributed by atoms with E-state index in [9.17, 15) is 0 Å². The van der Waals surface area contributed by atoms with Gasteiger partial charge in [0, 0.05) is 23.7 Å². The molecule has 0 fully saturated rings. The first kappa shape index (κ1) is 28.0. The molecule has 2 aromatic carbocycles. The third kappa shape index (κ3) is 8.22. The van der Waals surface area contributed by atoms with Crippen molar-refractivity contribution >= 4 is 94.1 Å². The molecule has 0 bridgehead atoms. The number of rotatable bonds is 10. The molecule has 2 aliphatic heterocycles. The van der Waals surface area contributed by atoms with E-state index in [0.717, 1.165) is 17.3 Å². The highest BCUT2D eigenvalue weighted by atomic mass is 32.3. The lowest BCUT2D eigenvalue weighted by molar-refractivity contribution is 1.24. The lowest BCUT2D eigenvalue weighted by Gasteiger charge is -2.06. The Morgan fingerprint density at radius 1 is 0.657 bits per heavy atom. The standard InChI is InChI=1S/C26H25NS8/c1-17-5-9-19(10-6-17)15-30-23-24(31-16-20-11-7-18(2)8-12-20)35-26(34-23)25-32-21(28-3)22(33-25)29-14-4-13-27/h5-12H,4,14-16H2,1-3H3. The Balaban J connectivity index is 1.48. The zero-order chi connectivity index (χ0) is 24.6. The van der Waals surface area contributed by atoms with Gasteiger partial charge in [0.25, 0.3) is 0 Å². The quantitative estimate of drug-likeness (QED) is 0.244. The second-order valence-electron chi connectivity index (χ2n) is 7.64. The Morgan fingerprint density at radius 3 is 1.51 bits per heavy atom. The molecule has 4 rings (SSSR count). The number of hydrogen-bond acceptors (Lipinski definition) is 9. The van der Waals surface area contributed by atoms with Crippen LogP contribution in [0.15, 0.2) is 74.0 Å². The van der Waals surface area contributed by atoms with Gasteiger partial charge in [0.2, 0.25) is 0 Å². The topological polar surface area (TPSA) is 23.8 Å². The van der Waals surface area contributed by atoms with E-state index in [-0.39, 0.29) is 0 Å². The largest absolute Gasteiger partial charge is 0.198 e. The molecular formula is C26H25NS8. The maximum absolute atomic E-state index is 8.92. The van der Waals surface area contributed by atoms with E-state index in [1.165, 1.54) is 47.7 Å². The van der Waals surface area contributed by atoms with Crippen molar-refractivity contribution in [1.29, 1.82) is 5.26 Å². The lowest BCUT2D eigenvalue weighted by Crippen LogP contribution is -1.83. The fraction of sp³-hybridized carbons (Fsp3) is 0.269. The minimum atomic E-state index is 0.595. The first-order valence-corrected chi connectivity index (χ1v) is 18.3. The Hall–Kier alpha value is -0.0500. The average molecular weight is 608 g/mol. The third-order valence-electron chi connectivity index (χ3n) is 4.86. The molecule has 0 aromatic heterocycles. The highest BCUT2D eigenvalue weighted by Crippen LogP contribution is 2.66. The van der Waals surface area contributed by atoms with E-state index in [0.29, 0.717) is 6.42 Å². The molecule has 2 heterocycles. The maximum Gasteiger partial charge on any atom is 0.0717 e. The van der Waals surface area contributed by atoms with Crippen LogP contribution in [-0.2, 0) is 11.5 Å². The van der Waals surface area contributed by atoms with Crippen molar-refractivity contribution in [3.05, 3.63) is 96.2 Å². The molecule has 1 nitrogen and oxygen atoms in total. The summed E-state index contributed by atoms with van der Waals surface area (Å²) < 4.78 is 8.37. The summed E-state index contributed by atoms with van der Waals surface area (Å²) in [6.07, 6.45) is 2.75. The highest BCUT2D eigenvalue weighted by Gasteiger charge is 2.30. The summed E-state index contributed by atoms with van der Waals surface area (Å²) in [5.74, 6) is 2.84. The normalized spacial score (nSPS) is 15.9. The predicted octanol–water partition coefficient (Wildman–Crippen LogP) is 10.8. The van der Waals surface area contributed by atoms with Gasteiger partial charge in [-0.2, -0.15) is 5.26 Å². The minimum Gasteiger partial charge on any atom is -0.198 e. The highest BCUT2D eigenvalue weighted by molar-refractivity contribution is 8.44. The van der Waals surface area contributed by atoms with Gasteiger partial charge >= 0.3 is 0 Å². The summed E-state index contributed by atoms with van der Waals surface area (Å²) in [5, 5.41) is 8.92. The molecule has 35 heavy (non-hydrogen) atoms. The Kier molecular flexibility index (Phi) is 11.3. The van der Waals surface area contributed by atoms with Gasteiger partial charge in [-0.05, 0) is 31.2 Å². The number of aryl methyl sites for hydroxylation is 2. The summed E-state index contributed by atoms with van der Waals surface area (Å²) in [4.78, 5) is 0. The van der Waals surface area contributed by atoms with E-state index in [4.69, 9.17) is 5.26 Å². The zero-order valence-electron chi connectivity index (χ0n) is 19.7. The SMILES string of the molecule is CSC1=C(SCCC#N)SC(=C2SC(SCc3ccc(C)cc3)=C(SCc3ccc(C)cc3)S2)S1. The number of benzene rings is 2. The molecule has 9 heteroatoms. The fourth-order valence-electron chi connectivity index (χ4n) is 2.96. The van der Waals surface area contributed by atoms with Crippen molar-refractivity contribution in [3.8, 4) is 6.07 Å². The van der Waals surface area contributed by atoms with Crippen molar-refractivity contribution in [1.82, 2.24) is 0 Å². The summed E-state index contributed by atoms with van der Waals surface area (Å²) in [7, 11) is 0. The van der Waals surface area contributed by atoms with Gasteiger partial charge in [0.15, 0.2) is 0 Å². The zero-order valence-corrected chi connectivity index (χ0v) is 26.2. The molecule has 0 unspecified atom stereocenters. The molecular weight excluding hydrogens is 583 g/mol. The first-order valence-electron chi connectivity index (χ1n) is 10.9. The van der Waals surface area contributed by atoms with Crippen molar-refractivity contribution < 1.29 is 0 Å². The fourth-order valence-corrected chi connectivity index (χ4v) is 14.3. The van der Waals surface area contributed by atoms with Gasteiger partial charge in [0.1, 0.15) is 0 Å². The monoisotopic (exact) mass is 607 g/mol. The van der Waals surface area contributed by atoms with E-state index < -0.39 is 0 Å². The van der Waals surface area contributed by atoms with Crippen LogP contribution in [0.1, 0.15) is 28.7 Å². The smallest absolute Gasteiger partial charge is 0.0717 e. The molecule has 0 saturated carbocycles. The summed E-state index contributed by atoms with van der Waals surface area (Å²) >= 11 is 15.3. The molecule has 0 aliphatic carbocycles. The maximum atomic E-state index is 8.92. The van der Waals surface area contributed by atoms with Crippen LogP contribution in [0.2, 0.25) is 0 Å². The van der Waals surface area contributed by atoms with E-state index in [1.54, 1.807) is 0 Å². The van der Waals surface area contributed by atoms with Crippen LogP contribution in [0.3, 0.4) is 0 Å². The molecule has 0 saturated heterocycles. The van der Waals surface area contributed by atoms with Gasteiger partial charge in [0.05, 0.1) is 31.5 Å². The summed E-state index contributed by atoms with van der Waals surface area (Å²) in [5.41, 5.74) is 5.35. The molecule has 182 valence electrons. The van der Waals surface area contributed by atoms with Gasteiger partial charge in [-0.3, -0.25) is 0 Å². The molecule has 2 aliphatic rings. The predicted molar refractivity (Wildman–Crippen MR) is 173 cm³/mol. The van der Waals surface area contributed by atoms with Crippen LogP contribution < -0.4 is 0 Å². The number of hydrogen-bond donors (Lipinski definition) is 0. The van der Waals surface area contributed by atoms with Crippen molar-refractivity contribution in [2.24, 2.45) is 0 Å². The van der Waals surface area contributed by atoms with Crippen LogP contribution in [0.25, 0.3) is 0 Å². The summed E-state index contributed by atoms with van der Waals surface area (Å²) in [6.45, 7) is 4.28. The van der Waals surface area contributed by atoms with Crippen LogP contribution in [0.5, 0.6) is 0 Å². The van der Waals surface area contributed by atoms with Crippen LogP contribution >= 0.6 is 94.1 Å². The number of nitrogens with zero attached hydrogens (tertiary/aromatic N) is 1. The third-order valence-corrected chi connectivity index (χ3v) is 16.4. The van der Waals surface area contributed by atoms with Gasteiger partial charge in [-0.15, -0.1) is 47.0 Å². The van der Waals surface area contributed by atoms with E-state index in [1.807, 2.05) is 94.1 Å². The Bertz CT molecular complexity index is 1110. The van der Waals surface area contributed by atoms with Crippen molar-refractivity contribution in [3.63, 3.8) is 0 Å². The molecule has 2 aromatic rings. The second-order valence-corrected chi connectivity index (χ2v) is 17.2. The van der Waals surface area contributed by atoms with Gasteiger partial charge in [-0.25, -0.2) is 0 Å². The minimum absolute atomic E-state index is 0.595. The van der Waals surface area contributed by atoms with Crippen LogP contribution in [0, 0.1) is 25.2 Å². The summed E-state index contributed by atoms with van der Waals surface area (Å²) in [6, 6.07) is 20.1. The Morgan fingerprint density at radius 2 is 1.09 bits per heavy atom. The molecule has 0 radical (unpaired) electrons. The van der Waals surface area contributed by atoms with Gasteiger partial charge in [-0.1, -0.05) is 107 Å². The molecule has 0 N–H and O–H groups in total. The first-order chi connectivity index (χ1) is 17.1. The number of nitriles is 1. The van der Waals surface area contributed by atoms with E-state index in [2.05, 4.69) is 74.7 Å².